The number of carbonyl (C=O) groups excluding carboxylic acids is 1. The van der Waals surface area contributed by atoms with E-state index in [1.165, 1.54) is 4.88 Å². The highest BCUT2D eigenvalue weighted by molar-refractivity contribution is 7.13. The summed E-state index contributed by atoms with van der Waals surface area (Å²) in [5.74, 6) is -0.212. The van der Waals surface area contributed by atoms with Crippen molar-refractivity contribution in [2.75, 3.05) is 0 Å². The van der Waals surface area contributed by atoms with E-state index in [0.717, 1.165) is 5.56 Å². The quantitative estimate of drug-likeness (QED) is 0.793. The molecule has 0 fully saturated rings. The molecule has 2 aromatic rings. The summed E-state index contributed by atoms with van der Waals surface area (Å²) in [5.41, 5.74) is 0.703. The molecule has 0 N–H and O–H groups in total. The van der Waals surface area contributed by atoms with Crippen LogP contribution in [0, 0.1) is 0 Å². The molecule has 0 aliphatic rings. The number of hydrogen-bond donors (Lipinski definition) is 0. The average Bonchev–Trinajstić information content (AvgIpc) is 2.82. The number of hydrogen-bond acceptors (Lipinski definition) is 3. The minimum absolute atomic E-state index is 0.212. The fraction of sp³-hybridized carbons (Fsp3) is 0.357. The number of carbonyl (C=O) groups is 1. The molecule has 2 aromatic heterocycles. The van der Waals surface area contributed by atoms with E-state index in [-0.39, 0.29) is 12.5 Å². The monoisotopic (exact) mass is 263 g/mol. The maximum atomic E-state index is 11.7. The van der Waals surface area contributed by atoms with Crippen molar-refractivity contribution in [3.8, 4) is 10.4 Å². The summed E-state index contributed by atoms with van der Waals surface area (Å²) in [5, 5.41) is 2.04. The van der Waals surface area contributed by atoms with Crippen molar-refractivity contribution in [2.45, 2.75) is 32.9 Å². The van der Waals surface area contributed by atoms with Gasteiger partial charge in [-0.25, -0.2) is 0 Å². The fourth-order valence-electron chi connectivity index (χ4n) is 1.65. The summed E-state index contributed by atoms with van der Waals surface area (Å²) >= 11 is 1.69. The second kappa shape index (κ2) is 4.98. The zero-order valence-corrected chi connectivity index (χ0v) is 11.7. The van der Waals surface area contributed by atoms with Gasteiger partial charge >= 0.3 is 5.97 Å². The Kier molecular flexibility index (Phi) is 3.57. The van der Waals surface area contributed by atoms with Crippen molar-refractivity contribution in [3.05, 3.63) is 36.0 Å². The highest BCUT2D eigenvalue weighted by Crippen LogP contribution is 2.24. The van der Waals surface area contributed by atoms with Crippen LogP contribution in [0.4, 0.5) is 0 Å². The maximum absolute atomic E-state index is 11.7. The lowest BCUT2D eigenvalue weighted by Crippen LogP contribution is -2.26. The molecule has 0 saturated carbocycles. The van der Waals surface area contributed by atoms with Crippen LogP contribution in [0.5, 0.6) is 0 Å². The zero-order chi connectivity index (χ0) is 13.2. The van der Waals surface area contributed by atoms with Crippen molar-refractivity contribution in [3.63, 3.8) is 0 Å². The first kappa shape index (κ1) is 12.9. The van der Waals surface area contributed by atoms with Crippen LogP contribution in [0.2, 0.25) is 0 Å². The third kappa shape index (κ3) is 3.47. The van der Waals surface area contributed by atoms with E-state index in [4.69, 9.17) is 4.74 Å². The Morgan fingerprint density at radius 2 is 2.17 bits per heavy atom. The van der Waals surface area contributed by atoms with Crippen molar-refractivity contribution in [2.24, 2.45) is 0 Å². The highest BCUT2D eigenvalue weighted by atomic mass is 32.1. The summed E-state index contributed by atoms with van der Waals surface area (Å²) in [7, 11) is 0. The lowest BCUT2D eigenvalue weighted by atomic mass is 10.2. The maximum Gasteiger partial charge on any atom is 0.326 e. The largest absolute Gasteiger partial charge is 0.459 e. The molecule has 0 spiro atoms. The van der Waals surface area contributed by atoms with Gasteiger partial charge in [0, 0.05) is 22.8 Å². The van der Waals surface area contributed by atoms with Gasteiger partial charge in [0.1, 0.15) is 12.1 Å². The van der Waals surface area contributed by atoms with E-state index in [0.29, 0.717) is 0 Å². The molecule has 0 aliphatic heterocycles. The average molecular weight is 263 g/mol. The van der Waals surface area contributed by atoms with Crippen LogP contribution in [0.3, 0.4) is 0 Å². The van der Waals surface area contributed by atoms with Crippen LogP contribution in [-0.4, -0.2) is 16.1 Å². The van der Waals surface area contributed by atoms with E-state index >= 15 is 0 Å². The molecule has 0 unspecified atom stereocenters. The fourth-order valence-corrected chi connectivity index (χ4v) is 2.37. The topological polar surface area (TPSA) is 31.2 Å². The number of thiophene rings is 1. The molecule has 0 aliphatic carbocycles. The van der Waals surface area contributed by atoms with Gasteiger partial charge in [0.2, 0.25) is 0 Å². The third-order valence-electron chi connectivity index (χ3n) is 2.29. The van der Waals surface area contributed by atoms with Crippen molar-refractivity contribution >= 4 is 17.3 Å². The molecule has 0 saturated heterocycles. The predicted molar refractivity (Wildman–Crippen MR) is 73.6 cm³/mol. The molecule has 0 atom stereocenters. The van der Waals surface area contributed by atoms with Crippen LogP contribution in [-0.2, 0) is 16.1 Å². The summed E-state index contributed by atoms with van der Waals surface area (Å²) < 4.78 is 7.13. The molecule has 4 heteroatoms. The Balaban J connectivity index is 2.01. The van der Waals surface area contributed by atoms with Crippen molar-refractivity contribution < 1.29 is 9.53 Å². The van der Waals surface area contributed by atoms with Gasteiger partial charge in [-0.15, -0.1) is 11.3 Å². The first-order valence-electron chi connectivity index (χ1n) is 5.85. The SMILES string of the molecule is CC(C)(C)OC(=O)Cn1ccc(-c2cccs2)c1. The zero-order valence-electron chi connectivity index (χ0n) is 10.8. The van der Waals surface area contributed by atoms with Crippen molar-refractivity contribution in [1.29, 1.82) is 0 Å². The van der Waals surface area contributed by atoms with Gasteiger partial charge in [-0.2, -0.15) is 0 Å². The van der Waals surface area contributed by atoms with E-state index < -0.39 is 5.60 Å². The first-order valence-corrected chi connectivity index (χ1v) is 6.73. The molecule has 2 heterocycles. The first-order chi connectivity index (χ1) is 8.44. The van der Waals surface area contributed by atoms with Gasteiger partial charge in [0.15, 0.2) is 0 Å². The summed E-state index contributed by atoms with van der Waals surface area (Å²) in [4.78, 5) is 12.9. The molecule has 0 amide bonds. The Labute approximate surface area is 111 Å². The second-order valence-corrected chi connectivity index (χ2v) is 6.08. The minimum Gasteiger partial charge on any atom is -0.459 e. The molecule has 0 radical (unpaired) electrons. The normalized spacial score (nSPS) is 11.5. The predicted octanol–water partition coefficient (Wildman–Crippen LogP) is 3.56. The number of nitrogens with zero attached hydrogens (tertiary/aromatic N) is 1. The molecule has 2 rings (SSSR count). The van der Waals surface area contributed by atoms with Crippen LogP contribution in [0.25, 0.3) is 10.4 Å². The van der Waals surface area contributed by atoms with E-state index in [1.807, 2.05) is 55.2 Å². The van der Waals surface area contributed by atoms with Gasteiger partial charge in [-0.1, -0.05) is 6.07 Å². The van der Waals surface area contributed by atoms with E-state index in [1.54, 1.807) is 11.3 Å². The number of aromatic nitrogens is 1. The number of ether oxygens (including phenoxy) is 1. The highest BCUT2D eigenvalue weighted by Gasteiger charge is 2.16. The Hall–Kier alpha value is -1.55. The van der Waals surface area contributed by atoms with E-state index in [2.05, 4.69) is 6.07 Å². The van der Waals surface area contributed by atoms with Gasteiger partial charge in [0.05, 0.1) is 0 Å². The Morgan fingerprint density at radius 3 is 2.78 bits per heavy atom. The smallest absolute Gasteiger partial charge is 0.326 e. The van der Waals surface area contributed by atoms with Crippen LogP contribution >= 0.6 is 11.3 Å². The number of esters is 1. The van der Waals surface area contributed by atoms with Gasteiger partial charge < -0.3 is 9.30 Å². The molecule has 96 valence electrons. The molecular weight excluding hydrogens is 246 g/mol. The van der Waals surface area contributed by atoms with Crippen molar-refractivity contribution in [1.82, 2.24) is 4.57 Å². The van der Waals surface area contributed by atoms with Crippen LogP contribution < -0.4 is 0 Å². The standard InChI is InChI=1S/C14H17NO2S/c1-14(2,3)17-13(16)10-15-7-6-11(9-15)12-5-4-8-18-12/h4-9H,10H2,1-3H3. The lowest BCUT2D eigenvalue weighted by molar-refractivity contribution is -0.155. The Bertz CT molecular complexity index is 520. The minimum atomic E-state index is -0.430. The summed E-state index contributed by atoms with van der Waals surface area (Å²) in [6.07, 6.45) is 3.87. The molecule has 18 heavy (non-hydrogen) atoms. The third-order valence-corrected chi connectivity index (χ3v) is 3.21. The Morgan fingerprint density at radius 1 is 1.39 bits per heavy atom. The molecule has 0 bridgehead atoms. The van der Waals surface area contributed by atoms with Gasteiger partial charge in [-0.3, -0.25) is 4.79 Å². The van der Waals surface area contributed by atoms with Gasteiger partial charge in [-0.05, 0) is 38.3 Å². The molecule has 0 aromatic carbocycles. The van der Waals surface area contributed by atoms with E-state index in [9.17, 15) is 4.79 Å². The molecular formula is C14H17NO2S. The van der Waals surface area contributed by atoms with Crippen LogP contribution in [0.15, 0.2) is 36.0 Å². The summed E-state index contributed by atoms with van der Waals surface area (Å²) in [6, 6.07) is 6.10. The van der Waals surface area contributed by atoms with Crippen LogP contribution in [0.1, 0.15) is 20.8 Å². The lowest BCUT2D eigenvalue weighted by Gasteiger charge is -2.19. The number of rotatable bonds is 3. The van der Waals surface area contributed by atoms with Gasteiger partial charge in [0.25, 0.3) is 0 Å². The molecule has 3 nitrogen and oxygen atoms in total. The second-order valence-electron chi connectivity index (χ2n) is 5.14. The summed E-state index contributed by atoms with van der Waals surface area (Å²) in [6.45, 7) is 5.87.